The smallest absolute Gasteiger partial charge is 0.269 e. The van der Waals surface area contributed by atoms with Crippen molar-refractivity contribution in [3.05, 3.63) is 64.2 Å². The molecule has 0 aromatic heterocycles. The second-order valence-electron chi connectivity index (χ2n) is 6.52. The summed E-state index contributed by atoms with van der Waals surface area (Å²) in [4.78, 5) is 27.9. The number of hydrazone groups is 1. The molecule has 0 spiro atoms. The van der Waals surface area contributed by atoms with Gasteiger partial charge in [0.15, 0.2) is 0 Å². The number of nitrogens with zero attached hydrogens (tertiary/aromatic N) is 4. The van der Waals surface area contributed by atoms with Gasteiger partial charge in [0, 0.05) is 38.6 Å². The Morgan fingerprint density at radius 3 is 2.47 bits per heavy atom. The molecule has 1 unspecified atom stereocenters. The lowest BCUT2D eigenvalue weighted by Crippen LogP contribution is -2.28. The molecule has 30 heavy (non-hydrogen) atoms. The predicted molar refractivity (Wildman–Crippen MR) is 113 cm³/mol. The van der Waals surface area contributed by atoms with Crippen molar-refractivity contribution < 1.29 is 19.2 Å². The van der Waals surface area contributed by atoms with Crippen molar-refractivity contribution in [1.82, 2.24) is 0 Å². The molecule has 1 amide bonds. The Morgan fingerprint density at radius 2 is 1.87 bits per heavy atom. The number of benzene rings is 2. The number of carbonyl (C=O) groups excluding carboxylic acids is 1. The highest BCUT2D eigenvalue weighted by Crippen LogP contribution is 2.28. The van der Waals surface area contributed by atoms with Gasteiger partial charge in [-0.3, -0.25) is 19.9 Å². The molecule has 0 fully saturated rings. The molecule has 9 heteroatoms. The highest BCUT2D eigenvalue weighted by atomic mass is 16.6. The number of ether oxygens (including phenoxy) is 2. The number of rotatable bonds is 9. The number of carbonyl (C=O) groups is 1. The Labute approximate surface area is 173 Å². The van der Waals surface area contributed by atoms with Crippen molar-refractivity contribution in [2.45, 2.75) is 6.42 Å². The van der Waals surface area contributed by atoms with Crippen molar-refractivity contribution in [2.75, 3.05) is 32.4 Å². The summed E-state index contributed by atoms with van der Waals surface area (Å²) in [6.45, 7) is 1.12. The van der Waals surface area contributed by atoms with E-state index in [0.29, 0.717) is 30.3 Å². The lowest BCUT2D eigenvalue weighted by molar-refractivity contribution is -0.384. The van der Waals surface area contributed by atoms with Gasteiger partial charge in [-0.1, -0.05) is 0 Å². The van der Waals surface area contributed by atoms with Gasteiger partial charge in [0.2, 0.25) is 0 Å². The van der Waals surface area contributed by atoms with Crippen molar-refractivity contribution in [3.63, 3.8) is 0 Å². The van der Waals surface area contributed by atoms with E-state index in [2.05, 4.69) is 10.1 Å². The summed E-state index contributed by atoms with van der Waals surface area (Å²) in [6.07, 6.45) is 2.35. The molecule has 2 aromatic rings. The Kier molecular flexibility index (Phi) is 6.87. The Bertz CT molecular complexity index is 954. The summed E-state index contributed by atoms with van der Waals surface area (Å²) < 4.78 is 10.2. The molecule has 1 heterocycles. The van der Waals surface area contributed by atoms with Gasteiger partial charge in [-0.2, -0.15) is 10.1 Å². The maximum absolute atomic E-state index is 13.1. The average molecular weight is 410 g/mol. The van der Waals surface area contributed by atoms with Gasteiger partial charge in [0.25, 0.3) is 11.6 Å². The number of aliphatic imine (C=N–C) groups is 1. The number of hydrogen-bond donors (Lipinski definition) is 0. The normalized spacial score (nSPS) is 16.2. The standard InChI is InChI=1S/C21H22N4O5/c1-29-13-3-12-22-14-19-20(15-4-10-18(30-2)11-5-15)23-24(21(19)26)16-6-8-17(9-7-16)25(27)28/h4-11,14,19H,3,12-13H2,1-2H3. The zero-order valence-electron chi connectivity index (χ0n) is 16.7. The summed E-state index contributed by atoms with van der Waals surface area (Å²) in [6, 6.07) is 12.9. The van der Waals surface area contributed by atoms with Crippen LogP contribution in [0.4, 0.5) is 11.4 Å². The van der Waals surface area contributed by atoms with Crippen LogP contribution < -0.4 is 9.75 Å². The molecule has 156 valence electrons. The van der Waals surface area contributed by atoms with Crippen LogP contribution in [0, 0.1) is 16.0 Å². The van der Waals surface area contributed by atoms with Crippen molar-refractivity contribution in [2.24, 2.45) is 16.0 Å². The molecular formula is C21H22N4O5. The molecule has 2 aromatic carbocycles. The van der Waals surface area contributed by atoms with Crippen molar-refractivity contribution >= 4 is 29.2 Å². The molecule has 0 saturated carbocycles. The number of non-ortho nitro benzene ring substituents is 1. The fourth-order valence-electron chi connectivity index (χ4n) is 2.98. The van der Waals surface area contributed by atoms with Crippen LogP contribution in [0.15, 0.2) is 58.6 Å². The monoisotopic (exact) mass is 410 g/mol. The molecule has 0 bridgehead atoms. The summed E-state index contributed by atoms with van der Waals surface area (Å²) in [5, 5.41) is 16.7. The van der Waals surface area contributed by atoms with Gasteiger partial charge in [-0.05, 0) is 48.4 Å². The van der Waals surface area contributed by atoms with Crippen LogP contribution in [0.5, 0.6) is 5.75 Å². The van der Waals surface area contributed by atoms with Crippen LogP contribution in [0.25, 0.3) is 0 Å². The lowest BCUT2D eigenvalue weighted by Gasteiger charge is -2.12. The third kappa shape index (κ3) is 4.69. The molecule has 1 aliphatic rings. The fraction of sp³-hybridized carbons (Fsp3) is 0.286. The predicted octanol–water partition coefficient (Wildman–Crippen LogP) is 3.08. The van der Waals surface area contributed by atoms with Crippen LogP contribution in [0.3, 0.4) is 0 Å². The molecule has 0 N–H and O–H groups in total. The zero-order valence-corrected chi connectivity index (χ0v) is 16.7. The summed E-state index contributed by atoms with van der Waals surface area (Å²) >= 11 is 0. The van der Waals surface area contributed by atoms with Gasteiger partial charge in [-0.15, -0.1) is 0 Å². The van der Waals surface area contributed by atoms with Crippen LogP contribution in [0.1, 0.15) is 12.0 Å². The van der Waals surface area contributed by atoms with Crippen LogP contribution >= 0.6 is 0 Å². The maximum Gasteiger partial charge on any atom is 0.269 e. The number of methoxy groups -OCH3 is 2. The first-order valence-electron chi connectivity index (χ1n) is 9.35. The molecule has 0 radical (unpaired) electrons. The highest BCUT2D eigenvalue weighted by molar-refractivity contribution is 6.29. The molecule has 9 nitrogen and oxygen atoms in total. The van der Waals surface area contributed by atoms with Gasteiger partial charge in [0.05, 0.1) is 23.4 Å². The van der Waals surface area contributed by atoms with Crippen LogP contribution in [-0.4, -0.2) is 50.1 Å². The van der Waals surface area contributed by atoms with E-state index in [1.165, 1.54) is 29.3 Å². The fourth-order valence-corrected chi connectivity index (χ4v) is 2.98. The molecule has 0 aliphatic carbocycles. The minimum absolute atomic E-state index is 0.0546. The second-order valence-corrected chi connectivity index (χ2v) is 6.52. The topological polar surface area (TPSA) is 107 Å². The van der Waals surface area contributed by atoms with Crippen molar-refractivity contribution in [1.29, 1.82) is 0 Å². The molecule has 3 rings (SSSR count). The largest absolute Gasteiger partial charge is 0.497 e. The molecule has 0 saturated heterocycles. The molecular weight excluding hydrogens is 388 g/mol. The number of nitro groups is 1. The second kappa shape index (κ2) is 9.75. The van der Waals surface area contributed by atoms with Crippen LogP contribution in [0.2, 0.25) is 0 Å². The number of hydrogen-bond acceptors (Lipinski definition) is 7. The first-order valence-corrected chi connectivity index (χ1v) is 9.35. The first kappa shape index (κ1) is 21.1. The van der Waals surface area contributed by atoms with Gasteiger partial charge in [0.1, 0.15) is 11.7 Å². The van der Waals surface area contributed by atoms with Gasteiger partial charge < -0.3 is 9.47 Å². The van der Waals surface area contributed by atoms with E-state index >= 15 is 0 Å². The van der Waals surface area contributed by atoms with E-state index in [-0.39, 0.29) is 11.6 Å². The minimum Gasteiger partial charge on any atom is -0.497 e. The summed E-state index contributed by atoms with van der Waals surface area (Å²) in [5.74, 6) is -0.234. The number of nitro benzene ring substituents is 1. The Balaban J connectivity index is 1.91. The van der Waals surface area contributed by atoms with E-state index in [0.717, 1.165) is 12.0 Å². The van der Waals surface area contributed by atoms with Gasteiger partial charge >= 0.3 is 0 Å². The first-order chi connectivity index (χ1) is 14.5. The Hall–Kier alpha value is -3.59. The lowest BCUT2D eigenvalue weighted by atomic mass is 9.97. The molecule has 1 atom stereocenters. The summed E-state index contributed by atoms with van der Waals surface area (Å²) in [7, 11) is 3.21. The molecule has 1 aliphatic heterocycles. The van der Waals surface area contributed by atoms with E-state index < -0.39 is 10.8 Å². The number of anilines is 1. The highest BCUT2D eigenvalue weighted by Gasteiger charge is 2.36. The van der Waals surface area contributed by atoms with E-state index in [9.17, 15) is 14.9 Å². The third-order valence-corrected chi connectivity index (χ3v) is 4.56. The SMILES string of the molecule is COCCCN=CC1C(=O)N(c2ccc([N+](=O)[O-])cc2)N=C1c1ccc(OC)cc1. The summed E-state index contributed by atoms with van der Waals surface area (Å²) in [5.41, 5.74) is 1.71. The van der Waals surface area contributed by atoms with Crippen LogP contribution in [-0.2, 0) is 9.53 Å². The quantitative estimate of drug-likeness (QED) is 0.273. The van der Waals surface area contributed by atoms with E-state index in [4.69, 9.17) is 9.47 Å². The minimum atomic E-state index is -0.656. The van der Waals surface area contributed by atoms with E-state index in [1.54, 1.807) is 32.6 Å². The maximum atomic E-state index is 13.1. The van der Waals surface area contributed by atoms with Gasteiger partial charge in [-0.25, -0.2) is 0 Å². The Morgan fingerprint density at radius 1 is 1.17 bits per heavy atom. The average Bonchev–Trinajstić information content (AvgIpc) is 3.10. The third-order valence-electron chi connectivity index (χ3n) is 4.56. The number of amides is 1. The van der Waals surface area contributed by atoms with E-state index in [1.807, 2.05) is 12.1 Å². The van der Waals surface area contributed by atoms with Crippen molar-refractivity contribution in [3.8, 4) is 5.75 Å². The zero-order chi connectivity index (χ0) is 21.5.